The molecule has 0 saturated carbocycles. The van der Waals surface area contributed by atoms with Crippen LogP contribution in [0.2, 0.25) is 0 Å². The predicted octanol–water partition coefficient (Wildman–Crippen LogP) is 2.20. The van der Waals surface area contributed by atoms with Gasteiger partial charge < -0.3 is 15.4 Å². The quantitative estimate of drug-likeness (QED) is 0.866. The Kier molecular flexibility index (Phi) is 5.35. The zero-order valence-electron chi connectivity index (χ0n) is 12.2. The number of anilines is 1. The second-order valence-corrected chi connectivity index (χ2v) is 5.20. The number of pyridine rings is 1. The molecule has 1 aliphatic heterocycles. The number of hydrogen-bond donors (Lipinski definition) is 2. The maximum Gasteiger partial charge on any atom is 0.255 e. The lowest BCUT2D eigenvalue weighted by Gasteiger charge is -2.28. The van der Waals surface area contributed by atoms with E-state index in [-0.39, 0.29) is 18.1 Å². The van der Waals surface area contributed by atoms with Crippen molar-refractivity contribution < 1.29 is 9.53 Å². The molecule has 2 atom stereocenters. The van der Waals surface area contributed by atoms with Crippen LogP contribution in [-0.2, 0) is 4.74 Å². The molecule has 2 heterocycles. The van der Waals surface area contributed by atoms with Crippen LogP contribution in [0.1, 0.15) is 43.5 Å². The third-order valence-electron chi connectivity index (χ3n) is 3.42. The molecule has 2 rings (SSSR count). The smallest absolute Gasteiger partial charge is 0.255 e. The van der Waals surface area contributed by atoms with E-state index in [0.29, 0.717) is 18.0 Å². The molecule has 2 N–H and O–H groups in total. The average Bonchev–Trinajstić information content (AvgIpc) is 2.45. The zero-order chi connectivity index (χ0) is 14.4. The molecule has 0 aromatic carbocycles. The normalized spacial score (nSPS) is 22.3. The van der Waals surface area contributed by atoms with Crippen molar-refractivity contribution in [3.8, 4) is 0 Å². The number of nitrogens with one attached hydrogen (secondary N) is 2. The molecule has 0 aliphatic carbocycles. The van der Waals surface area contributed by atoms with Gasteiger partial charge in [-0.15, -0.1) is 0 Å². The highest BCUT2D eigenvalue weighted by Gasteiger charge is 2.22. The van der Waals surface area contributed by atoms with E-state index in [1.165, 1.54) is 0 Å². The Morgan fingerprint density at radius 3 is 3.15 bits per heavy atom. The van der Waals surface area contributed by atoms with Crippen LogP contribution < -0.4 is 10.6 Å². The van der Waals surface area contributed by atoms with Crippen molar-refractivity contribution in [1.82, 2.24) is 10.3 Å². The Balaban J connectivity index is 2.01. The highest BCUT2D eigenvalue weighted by molar-refractivity contribution is 5.98. The van der Waals surface area contributed by atoms with Gasteiger partial charge in [-0.25, -0.2) is 4.98 Å². The Hall–Kier alpha value is -1.62. The molecule has 0 spiro atoms. The third kappa shape index (κ3) is 3.93. The molecule has 5 nitrogen and oxygen atoms in total. The number of nitrogens with zero attached hydrogens (tertiary/aromatic N) is 1. The van der Waals surface area contributed by atoms with Crippen LogP contribution in [0.3, 0.4) is 0 Å². The summed E-state index contributed by atoms with van der Waals surface area (Å²) in [5, 5.41) is 6.28. The van der Waals surface area contributed by atoms with Gasteiger partial charge in [0.1, 0.15) is 5.82 Å². The predicted molar refractivity (Wildman–Crippen MR) is 78.9 cm³/mol. The van der Waals surface area contributed by atoms with E-state index < -0.39 is 0 Å². The van der Waals surface area contributed by atoms with Gasteiger partial charge in [0.15, 0.2) is 0 Å². The summed E-state index contributed by atoms with van der Waals surface area (Å²) in [6.45, 7) is 5.64. The van der Waals surface area contributed by atoms with Gasteiger partial charge in [0.05, 0.1) is 11.7 Å². The molecule has 5 heteroatoms. The van der Waals surface area contributed by atoms with E-state index in [1.807, 2.05) is 13.0 Å². The topological polar surface area (TPSA) is 63.2 Å². The lowest BCUT2D eigenvalue weighted by Crippen LogP contribution is -2.41. The summed E-state index contributed by atoms with van der Waals surface area (Å²) in [7, 11) is 0. The Morgan fingerprint density at radius 2 is 2.40 bits per heavy atom. The average molecular weight is 277 g/mol. The maximum absolute atomic E-state index is 12.4. The van der Waals surface area contributed by atoms with E-state index in [0.717, 1.165) is 25.8 Å². The first-order valence-corrected chi connectivity index (χ1v) is 7.32. The third-order valence-corrected chi connectivity index (χ3v) is 3.42. The molecule has 0 bridgehead atoms. The van der Waals surface area contributed by atoms with Crippen LogP contribution in [0.5, 0.6) is 0 Å². The lowest BCUT2D eigenvalue weighted by molar-refractivity contribution is 0.0137. The molecule has 20 heavy (non-hydrogen) atoms. The van der Waals surface area contributed by atoms with Crippen molar-refractivity contribution in [3.63, 3.8) is 0 Å². The van der Waals surface area contributed by atoms with Crippen LogP contribution in [0, 0.1) is 0 Å². The number of aromatic nitrogens is 1. The van der Waals surface area contributed by atoms with Crippen molar-refractivity contribution in [1.29, 1.82) is 0 Å². The molecule has 1 aromatic heterocycles. The highest BCUT2D eigenvalue weighted by Crippen LogP contribution is 2.16. The largest absolute Gasteiger partial charge is 0.378 e. The van der Waals surface area contributed by atoms with Crippen LogP contribution in [0.25, 0.3) is 0 Å². The van der Waals surface area contributed by atoms with Gasteiger partial charge >= 0.3 is 0 Å². The second-order valence-electron chi connectivity index (χ2n) is 5.20. The van der Waals surface area contributed by atoms with Gasteiger partial charge in [0, 0.05) is 25.4 Å². The number of ether oxygens (including phenoxy) is 1. The first kappa shape index (κ1) is 14.8. The molecule has 0 radical (unpaired) electrons. The molecule has 1 aliphatic rings. The summed E-state index contributed by atoms with van der Waals surface area (Å²) in [6.07, 6.45) is 4.64. The van der Waals surface area contributed by atoms with E-state index in [2.05, 4.69) is 22.5 Å². The van der Waals surface area contributed by atoms with Crippen molar-refractivity contribution in [2.45, 2.75) is 45.3 Å². The lowest BCUT2D eigenvalue weighted by atomic mass is 10.0. The number of rotatable bonds is 5. The summed E-state index contributed by atoms with van der Waals surface area (Å²) in [5.74, 6) is 0.600. The Labute approximate surface area is 120 Å². The van der Waals surface area contributed by atoms with Crippen LogP contribution in [-0.4, -0.2) is 36.2 Å². The van der Waals surface area contributed by atoms with Gasteiger partial charge in [-0.3, -0.25) is 4.79 Å². The summed E-state index contributed by atoms with van der Waals surface area (Å²) in [6, 6.07) is 3.78. The van der Waals surface area contributed by atoms with Crippen molar-refractivity contribution >= 4 is 11.7 Å². The fraction of sp³-hybridized carbons (Fsp3) is 0.600. The minimum absolute atomic E-state index is 0.0594. The Morgan fingerprint density at radius 1 is 1.55 bits per heavy atom. The fourth-order valence-electron chi connectivity index (χ4n) is 2.37. The Bertz CT molecular complexity index is 450. The second kappa shape index (κ2) is 7.24. The van der Waals surface area contributed by atoms with Gasteiger partial charge in [-0.05, 0) is 38.3 Å². The van der Waals surface area contributed by atoms with Gasteiger partial charge in [-0.2, -0.15) is 0 Å². The monoisotopic (exact) mass is 277 g/mol. The highest BCUT2D eigenvalue weighted by atomic mass is 16.5. The fourth-order valence-corrected chi connectivity index (χ4v) is 2.37. The van der Waals surface area contributed by atoms with Gasteiger partial charge in [0.25, 0.3) is 5.91 Å². The van der Waals surface area contributed by atoms with Crippen LogP contribution in [0.15, 0.2) is 18.3 Å². The summed E-state index contributed by atoms with van der Waals surface area (Å²) in [5.41, 5.74) is 0.611. The van der Waals surface area contributed by atoms with Crippen molar-refractivity contribution in [3.05, 3.63) is 23.9 Å². The number of carbonyl (C=O) groups excluding carboxylic acids is 1. The van der Waals surface area contributed by atoms with Crippen molar-refractivity contribution in [2.24, 2.45) is 0 Å². The van der Waals surface area contributed by atoms with Crippen LogP contribution >= 0.6 is 0 Å². The van der Waals surface area contributed by atoms with E-state index >= 15 is 0 Å². The number of hydrogen-bond acceptors (Lipinski definition) is 4. The molecule has 1 saturated heterocycles. The van der Waals surface area contributed by atoms with Crippen LogP contribution in [0.4, 0.5) is 5.82 Å². The van der Waals surface area contributed by atoms with Crippen molar-refractivity contribution in [2.75, 3.05) is 18.5 Å². The number of carbonyl (C=O) groups is 1. The molecule has 2 unspecified atom stereocenters. The summed E-state index contributed by atoms with van der Waals surface area (Å²) in [4.78, 5) is 16.6. The van der Waals surface area contributed by atoms with E-state index in [4.69, 9.17) is 4.74 Å². The molecular formula is C15H23N3O2. The van der Waals surface area contributed by atoms with Gasteiger partial charge in [-0.1, -0.05) is 6.92 Å². The standard InChI is InChI=1S/C15H23N3O2/c1-3-7-16-14-13(5-4-8-17-14)15(19)18-12-6-9-20-11(2)10-12/h4-5,8,11-12H,3,6-7,9-10H2,1-2H3,(H,16,17)(H,18,19). The molecule has 1 fully saturated rings. The first-order chi connectivity index (χ1) is 9.70. The zero-order valence-corrected chi connectivity index (χ0v) is 12.2. The molecular weight excluding hydrogens is 254 g/mol. The molecule has 1 amide bonds. The molecule has 1 aromatic rings. The summed E-state index contributed by atoms with van der Waals surface area (Å²) < 4.78 is 5.50. The summed E-state index contributed by atoms with van der Waals surface area (Å²) >= 11 is 0. The SMILES string of the molecule is CCCNc1ncccc1C(=O)NC1CCOC(C)C1. The van der Waals surface area contributed by atoms with Gasteiger partial charge in [0.2, 0.25) is 0 Å². The number of amides is 1. The molecule has 110 valence electrons. The minimum atomic E-state index is -0.0594. The maximum atomic E-state index is 12.4. The van der Waals surface area contributed by atoms with E-state index in [9.17, 15) is 4.79 Å². The first-order valence-electron chi connectivity index (χ1n) is 7.32. The minimum Gasteiger partial charge on any atom is -0.378 e. The van der Waals surface area contributed by atoms with E-state index in [1.54, 1.807) is 12.3 Å².